The van der Waals surface area contributed by atoms with Crippen molar-refractivity contribution in [2.45, 2.75) is 12.5 Å². The summed E-state index contributed by atoms with van der Waals surface area (Å²) in [6, 6.07) is 5.15. The van der Waals surface area contributed by atoms with Gasteiger partial charge in [-0.05, 0) is 12.1 Å². The molecule has 0 amide bonds. The number of aromatic nitrogens is 1. The molecule has 5 heteroatoms. The van der Waals surface area contributed by atoms with Crippen LogP contribution in [0.5, 0.6) is 0 Å². The van der Waals surface area contributed by atoms with Crippen LogP contribution in [0, 0.1) is 0 Å². The van der Waals surface area contributed by atoms with Crippen LogP contribution in [-0.4, -0.2) is 27.3 Å². The number of hydrogen-bond donors (Lipinski definition) is 2. The van der Waals surface area contributed by atoms with Crippen LogP contribution in [-0.2, 0) is 11.2 Å². The number of carbonyl (C=O) groups is 1. The highest BCUT2D eigenvalue weighted by atomic mass is 35.5. The van der Waals surface area contributed by atoms with E-state index < -0.39 is 12.1 Å². The average Bonchev–Trinajstić information content (AvgIpc) is 2.06. The maximum Gasteiger partial charge on any atom is 0.332 e. The summed E-state index contributed by atoms with van der Waals surface area (Å²) in [4.78, 5) is 14.1. The molecule has 0 bridgehead atoms. The van der Waals surface area contributed by atoms with Gasteiger partial charge in [-0.15, -0.1) is 12.4 Å². The molecule has 1 atom stereocenters. The Bertz CT molecular complexity index is 265. The summed E-state index contributed by atoms with van der Waals surface area (Å²) in [6.45, 7) is 0. The Labute approximate surface area is 81.6 Å². The zero-order valence-electron chi connectivity index (χ0n) is 6.75. The van der Waals surface area contributed by atoms with Crippen molar-refractivity contribution in [1.29, 1.82) is 0 Å². The number of aliphatic hydroxyl groups excluding tert-OH is 1. The van der Waals surface area contributed by atoms with E-state index in [-0.39, 0.29) is 18.8 Å². The monoisotopic (exact) mass is 203 g/mol. The number of carboxylic acids is 1. The standard InChI is InChI=1S/C8H9NO3.ClH/c10-7(8(11)12)5-6-3-1-2-4-9-6;/h1-4,7,10H,5H2,(H,11,12);1H. The van der Waals surface area contributed by atoms with Crippen LogP contribution in [0.4, 0.5) is 0 Å². The Balaban J connectivity index is 0.00000144. The average molecular weight is 204 g/mol. The van der Waals surface area contributed by atoms with Crippen LogP contribution in [0.1, 0.15) is 5.69 Å². The zero-order chi connectivity index (χ0) is 8.97. The van der Waals surface area contributed by atoms with Gasteiger partial charge in [0.2, 0.25) is 0 Å². The van der Waals surface area contributed by atoms with Gasteiger partial charge in [0, 0.05) is 18.3 Å². The SMILES string of the molecule is Cl.O=C(O)C(O)Cc1ccccn1. The molecule has 0 aromatic carbocycles. The zero-order valence-corrected chi connectivity index (χ0v) is 7.57. The van der Waals surface area contributed by atoms with Gasteiger partial charge < -0.3 is 10.2 Å². The molecule has 1 unspecified atom stereocenters. The molecule has 1 aromatic rings. The molecule has 72 valence electrons. The third kappa shape index (κ3) is 3.87. The van der Waals surface area contributed by atoms with Crippen LogP contribution < -0.4 is 0 Å². The summed E-state index contributed by atoms with van der Waals surface area (Å²) in [5, 5.41) is 17.3. The Morgan fingerprint density at radius 2 is 2.23 bits per heavy atom. The first-order valence-electron chi connectivity index (χ1n) is 3.51. The van der Waals surface area contributed by atoms with Crippen molar-refractivity contribution in [2.75, 3.05) is 0 Å². The van der Waals surface area contributed by atoms with Crippen molar-refractivity contribution < 1.29 is 15.0 Å². The van der Waals surface area contributed by atoms with E-state index in [0.29, 0.717) is 5.69 Å². The van der Waals surface area contributed by atoms with Gasteiger partial charge in [0.15, 0.2) is 6.10 Å². The second-order valence-electron chi connectivity index (χ2n) is 2.38. The predicted octanol–water partition coefficient (Wildman–Crippen LogP) is 0.491. The summed E-state index contributed by atoms with van der Waals surface area (Å²) < 4.78 is 0. The van der Waals surface area contributed by atoms with Gasteiger partial charge >= 0.3 is 5.97 Å². The maximum absolute atomic E-state index is 10.2. The van der Waals surface area contributed by atoms with Crippen molar-refractivity contribution >= 4 is 18.4 Å². The van der Waals surface area contributed by atoms with Crippen molar-refractivity contribution in [3.63, 3.8) is 0 Å². The lowest BCUT2D eigenvalue weighted by molar-refractivity contribution is -0.146. The molecule has 2 N–H and O–H groups in total. The highest BCUT2D eigenvalue weighted by Crippen LogP contribution is 1.98. The number of rotatable bonds is 3. The molecule has 0 aliphatic carbocycles. The Morgan fingerprint density at radius 3 is 2.69 bits per heavy atom. The number of nitrogens with zero attached hydrogens (tertiary/aromatic N) is 1. The fourth-order valence-electron chi connectivity index (χ4n) is 0.804. The fraction of sp³-hybridized carbons (Fsp3) is 0.250. The summed E-state index contributed by atoms with van der Waals surface area (Å²) in [5.74, 6) is -1.22. The lowest BCUT2D eigenvalue weighted by Crippen LogP contribution is -2.22. The highest BCUT2D eigenvalue weighted by Gasteiger charge is 2.13. The summed E-state index contributed by atoms with van der Waals surface area (Å²) in [6.07, 6.45) is 0.250. The molecule has 1 rings (SSSR count). The van der Waals surface area contributed by atoms with E-state index in [4.69, 9.17) is 10.2 Å². The lowest BCUT2D eigenvalue weighted by Gasteiger charge is -2.03. The molecule has 4 nitrogen and oxygen atoms in total. The maximum atomic E-state index is 10.2. The molecular weight excluding hydrogens is 194 g/mol. The first-order valence-corrected chi connectivity index (χ1v) is 3.51. The van der Waals surface area contributed by atoms with Crippen molar-refractivity contribution in [3.8, 4) is 0 Å². The number of aliphatic hydroxyl groups is 1. The van der Waals surface area contributed by atoms with Crippen molar-refractivity contribution in [1.82, 2.24) is 4.98 Å². The van der Waals surface area contributed by atoms with Crippen molar-refractivity contribution in [2.24, 2.45) is 0 Å². The Morgan fingerprint density at radius 1 is 1.54 bits per heavy atom. The second-order valence-corrected chi connectivity index (χ2v) is 2.38. The molecule has 0 saturated carbocycles. The lowest BCUT2D eigenvalue weighted by atomic mass is 10.2. The van der Waals surface area contributed by atoms with Crippen LogP contribution >= 0.6 is 12.4 Å². The minimum Gasteiger partial charge on any atom is -0.479 e. The highest BCUT2D eigenvalue weighted by molar-refractivity contribution is 5.85. The minimum absolute atomic E-state index is 0. The van der Waals surface area contributed by atoms with Gasteiger partial charge in [0.1, 0.15) is 0 Å². The van der Waals surface area contributed by atoms with Gasteiger partial charge in [0.25, 0.3) is 0 Å². The Kier molecular flexibility index (Phi) is 5.03. The first kappa shape index (κ1) is 11.9. The second kappa shape index (κ2) is 5.50. The molecule has 0 aliphatic heterocycles. The summed E-state index contributed by atoms with van der Waals surface area (Å²) in [7, 11) is 0. The predicted molar refractivity (Wildman–Crippen MR) is 48.8 cm³/mol. The van der Waals surface area contributed by atoms with Crippen LogP contribution in [0.25, 0.3) is 0 Å². The van der Waals surface area contributed by atoms with Gasteiger partial charge in [0.05, 0.1) is 0 Å². The first-order chi connectivity index (χ1) is 5.70. The third-order valence-electron chi connectivity index (χ3n) is 1.41. The quantitative estimate of drug-likeness (QED) is 0.750. The molecule has 13 heavy (non-hydrogen) atoms. The van der Waals surface area contributed by atoms with Gasteiger partial charge in [-0.1, -0.05) is 6.07 Å². The normalized spacial score (nSPS) is 11.5. The molecule has 0 fully saturated rings. The number of aliphatic carboxylic acids is 1. The molecule has 1 heterocycles. The number of hydrogen-bond acceptors (Lipinski definition) is 3. The molecule has 0 saturated heterocycles. The number of carboxylic acid groups (broad SMARTS) is 1. The molecule has 0 aliphatic rings. The van der Waals surface area contributed by atoms with Crippen molar-refractivity contribution in [3.05, 3.63) is 30.1 Å². The van der Waals surface area contributed by atoms with Gasteiger partial charge in [-0.25, -0.2) is 4.79 Å². The van der Waals surface area contributed by atoms with Crippen LogP contribution in [0.3, 0.4) is 0 Å². The number of pyridine rings is 1. The molecule has 1 aromatic heterocycles. The smallest absolute Gasteiger partial charge is 0.332 e. The summed E-state index contributed by atoms with van der Waals surface area (Å²) >= 11 is 0. The molecule has 0 spiro atoms. The van der Waals surface area contributed by atoms with Gasteiger partial charge in [-0.3, -0.25) is 4.98 Å². The van der Waals surface area contributed by atoms with E-state index in [1.165, 1.54) is 0 Å². The van der Waals surface area contributed by atoms with Crippen LogP contribution in [0.15, 0.2) is 24.4 Å². The van der Waals surface area contributed by atoms with E-state index in [9.17, 15) is 4.79 Å². The minimum atomic E-state index is -1.36. The van der Waals surface area contributed by atoms with E-state index >= 15 is 0 Å². The van der Waals surface area contributed by atoms with Gasteiger partial charge in [-0.2, -0.15) is 0 Å². The van der Waals surface area contributed by atoms with E-state index in [0.717, 1.165) is 0 Å². The summed E-state index contributed by atoms with van der Waals surface area (Å²) in [5.41, 5.74) is 0.576. The Hall–Kier alpha value is -1.13. The third-order valence-corrected chi connectivity index (χ3v) is 1.41. The van der Waals surface area contributed by atoms with E-state index in [1.54, 1.807) is 24.4 Å². The van der Waals surface area contributed by atoms with Crippen LogP contribution in [0.2, 0.25) is 0 Å². The topological polar surface area (TPSA) is 70.4 Å². The fourth-order valence-corrected chi connectivity index (χ4v) is 0.804. The number of halogens is 1. The van der Waals surface area contributed by atoms with E-state index in [2.05, 4.69) is 4.98 Å². The largest absolute Gasteiger partial charge is 0.479 e. The molecule has 0 radical (unpaired) electrons. The van der Waals surface area contributed by atoms with E-state index in [1.807, 2.05) is 0 Å². The molecular formula is C8H10ClNO3.